The van der Waals surface area contributed by atoms with Gasteiger partial charge in [-0.1, -0.05) is 15.9 Å². The molecule has 0 spiro atoms. The number of hydrogen-bond acceptors (Lipinski definition) is 4. The van der Waals surface area contributed by atoms with E-state index in [1.165, 1.54) is 6.07 Å². The van der Waals surface area contributed by atoms with Crippen molar-refractivity contribution in [3.8, 4) is 0 Å². The lowest BCUT2D eigenvalue weighted by molar-refractivity contribution is 0.281. The Bertz CT molecular complexity index is 754. The summed E-state index contributed by atoms with van der Waals surface area (Å²) in [6, 6.07) is 3.22. The monoisotopic (exact) mass is 389 g/mol. The van der Waals surface area contributed by atoms with E-state index in [1.54, 1.807) is 24.3 Å². The van der Waals surface area contributed by atoms with Crippen molar-refractivity contribution in [3.05, 3.63) is 49.6 Å². The van der Waals surface area contributed by atoms with E-state index >= 15 is 0 Å². The SMILES string of the molecule is Cc1cscc1CNS(=O)(=O)c1cc(CO)cc(Br)c1C. The molecule has 2 aromatic rings. The average molecular weight is 390 g/mol. The predicted molar refractivity (Wildman–Crippen MR) is 87.9 cm³/mol. The van der Waals surface area contributed by atoms with Crippen LogP contribution in [0.3, 0.4) is 0 Å². The molecule has 2 N–H and O–H groups in total. The summed E-state index contributed by atoms with van der Waals surface area (Å²) in [4.78, 5) is 0.189. The van der Waals surface area contributed by atoms with Crippen molar-refractivity contribution in [1.82, 2.24) is 4.72 Å². The highest BCUT2D eigenvalue weighted by molar-refractivity contribution is 9.10. The van der Waals surface area contributed by atoms with Gasteiger partial charge in [0.15, 0.2) is 0 Å². The molecule has 2 rings (SSSR count). The number of aliphatic hydroxyl groups is 1. The van der Waals surface area contributed by atoms with Crippen LogP contribution in [-0.4, -0.2) is 13.5 Å². The van der Waals surface area contributed by atoms with Crippen molar-refractivity contribution in [2.24, 2.45) is 0 Å². The summed E-state index contributed by atoms with van der Waals surface area (Å²) in [5.74, 6) is 0. The number of benzene rings is 1. The number of aliphatic hydroxyl groups excluding tert-OH is 1. The summed E-state index contributed by atoms with van der Waals surface area (Å²) in [6.07, 6.45) is 0. The van der Waals surface area contributed by atoms with E-state index in [0.717, 1.165) is 11.1 Å². The molecule has 7 heteroatoms. The first-order valence-corrected chi connectivity index (χ1v) is 9.48. The molecule has 0 saturated heterocycles. The molecule has 0 atom stereocenters. The second-order valence-electron chi connectivity index (χ2n) is 4.76. The van der Waals surface area contributed by atoms with Gasteiger partial charge in [0, 0.05) is 11.0 Å². The fourth-order valence-corrected chi connectivity index (χ4v) is 4.71. The number of nitrogens with one attached hydrogen (secondary N) is 1. The number of aryl methyl sites for hydroxylation is 1. The molecule has 1 aromatic heterocycles. The Balaban J connectivity index is 2.31. The summed E-state index contributed by atoms with van der Waals surface area (Å²) in [5.41, 5.74) is 3.23. The van der Waals surface area contributed by atoms with Crippen LogP contribution in [0, 0.1) is 13.8 Å². The minimum atomic E-state index is -3.63. The molecule has 21 heavy (non-hydrogen) atoms. The van der Waals surface area contributed by atoms with Gasteiger partial charge < -0.3 is 5.11 Å². The first-order valence-electron chi connectivity index (χ1n) is 6.26. The molecule has 0 bridgehead atoms. The highest BCUT2D eigenvalue weighted by atomic mass is 79.9. The molecule has 0 aliphatic rings. The van der Waals surface area contributed by atoms with Crippen LogP contribution in [0.25, 0.3) is 0 Å². The van der Waals surface area contributed by atoms with E-state index in [1.807, 2.05) is 17.7 Å². The Hall–Kier alpha value is -0.730. The molecule has 0 fully saturated rings. The van der Waals surface area contributed by atoms with Crippen LogP contribution in [0.2, 0.25) is 0 Å². The van der Waals surface area contributed by atoms with E-state index in [0.29, 0.717) is 15.6 Å². The predicted octanol–water partition coefficient (Wildman–Crippen LogP) is 3.10. The molecule has 0 aliphatic heterocycles. The van der Waals surface area contributed by atoms with Gasteiger partial charge in [-0.15, -0.1) is 0 Å². The Labute approximate surface area is 137 Å². The smallest absolute Gasteiger partial charge is 0.241 e. The standard InChI is InChI=1S/C14H16BrNO3S2/c1-9-7-20-8-12(9)5-16-21(18,19)14-4-11(6-17)3-13(15)10(14)2/h3-4,7-8,16-17H,5-6H2,1-2H3. The van der Waals surface area contributed by atoms with E-state index in [9.17, 15) is 13.5 Å². The van der Waals surface area contributed by atoms with Crippen molar-refractivity contribution >= 4 is 37.3 Å². The van der Waals surface area contributed by atoms with Crippen LogP contribution in [0.5, 0.6) is 0 Å². The van der Waals surface area contributed by atoms with Crippen molar-refractivity contribution in [2.45, 2.75) is 31.9 Å². The van der Waals surface area contributed by atoms with Crippen LogP contribution >= 0.6 is 27.3 Å². The maximum Gasteiger partial charge on any atom is 0.241 e. The zero-order chi connectivity index (χ0) is 15.6. The number of sulfonamides is 1. The van der Waals surface area contributed by atoms with Crippen LogP contribution in [0.1, 0.15) is 22.3 Å². The number of hydrogen-bond donors (Lipinski definition) is 2. The lowest BCUT2D eigenvalue weighted by atomic mass is 10.2. The van der Waals surface area contributed by atoms with Crippen LogP contribution in [0.4, 0.5) is 0 Å². The molecule has 114 valence electrons. The third kappa shape index (κ3) is 3.73. The molecule has 0 aliphatic carbocycles. The molecule has 4 nitrogen and oxygen atoms in total. The molecule has 0 radical (unpaired) electrons. The van der Waals surface area contributed by atoms with Gasteiger partial charge in [0.1, 0.15) is 0 Å². The van der Waals surface area contributed by atoms with E-state index in [4.69, 9.17) is 0 Å². The van der Waals surface area contributed by atoms with Gasteiger partial charge >= 0.3 is 0 Å². The number of thiophene rings is 1. The minimum Gasteiger partial charge on any atom is -0.392 e. The zero-order valence-electron chi connectivity index (χ0n) is 11.7. The summed E-state index contributed by atoms with van der Waals surface area (Å²) >= 11 is 4.88. The van der Waals surface area contributed by atoms with Crippen molar-refractivity contribution < 1.29 is 13.5 Å². The largest absolute Gasteiger partial charge is 0.392 e. The Kier molecular flexibility index (Phi) is 5.21. The second-order valence-corrected chi connectivity index (χ2v) is 8.10. The Morgan fingerprint density at radius 1 is 1.29 bits per heavy atom. The zero-order valence-corrected chi connectivity index (χ0v) is 14.9. The lowest BCUT2D eigenvalue weighted by Gasteiger charge is -2.12. The second kappa shape index (κ2) is 6.58. The normalized spacial score (nSPS) is 11.8. The van der Waals surface area contributed by atoms with Crippen molar-refractivity contribution in [3.63, 3.8) is 0 Å². The van der Waals surface area contributed by atoms with Gasteiger partial charge in [-0.3, -0.25) is 0 Å². The van der Waals surface area contributed by atoms with E-state index < -0.39 is 10.0 Å². The molecule has 0 amide bonds. The minimum absolute atomic E-state index is 0.189. The van der Waals surface area contributed by atoms with Crippen LogP contribution < -0.4 is 4.72 Å². The van der Waals surface area contributed by atoms with Gasteiger partial charge in [0.2, 0.25) is 10.0 Å². The van der Waals surface area contributed by atoms with Gasteiger partial charge in [0.25, 0.3) is 0 Å². The van der Waals surface area contributed by atoms with Crippen LogP contribution in [-0.2, 0) is 23.2 Å². The lowest BCUT2D eigenvalue weighted by Crippen LogP contribution is -2.24. The third-order valence-corrected chi connectivity index (χ3v) is 6.50. The fourth-order valence-electron chi connectivity index (χ4n) is 1.90. The Morgan fingerprint density at radius 2 is 2.00 bits per heavy atom. The molecule has 0 unspecified atom stereocenters. The van der Waals surface area contributed by atoms with Crippen molar-refractivity contribution in [1.29, 1.82) is 0 Å². The van der Waals surface area contributed by atoms with Crippen molar-refractivity contribution in [2.75, 3.05) is 0 Å². The van der Waals surface area contributed by atoms with E-state index in [-0.39, 0.29) is 18.0 Å². The molecule has 0 saturated carbocycles. The fraction of sp³-hybridized carbons (Fsp3) is 0.286. The summed E-state index contributed by atoms with van der Waals surface area (Å²) in [5, 5.41) is 13.1. The molecule has 1 heterocycles. The van der Waals surface area contributed by atoms with Gasteiger partial charge in [-0.05, 0) is 59.0 Å². The summed E-state index contributed by atoms with van der Waals surface area (Å²) in [7, 11) is -3.63. The summed E-state index contributed by atoms with van der Waals surface area (Å²) < 4.78 is 28.2. The summed E-state index contributed by atoms with van der Waals surface area (Å²) in [6.45, 7) is 3.74. The van der Waals surface area contributed by atoms with Gasteiger partial charge in [0.05, 0.1) is 11.5 Å². The first kappa shape index (κ1) is 16.6. The van der Waals surface area contributed by atoms with Gasteiger partial charge in [-0.2, -0.15) is 11.3 Å². The number of halogens is 1. The molecular formula is C14H16BrNO3S2. The third-order valence-electron chi connectivity index (χ3n) is 3.24. The topological polar surface area (TPSA) is 66.4 Å². The maximum absolute atomic E-state index is 12.5. The molecule has 1 aromatic carbocycles. The quantitative estimate of drug-likeness (QED) is 0.825. The highest BCUT2D eigenvalue weighted by Gasteiger charge is 2.19. The van der Waals surface area contributed by atoms with Crippen LogP contribution in [0.15, 0.2) is 32.3 Å². The maximum atomic E-state index is 12.5. The first-order chi connectivity index (χ1) is 9.85. The highest BCUT2D eigenvalue weighted by Crippen LogP contribution is 2.26. The average Bonchev–Trinajstić information content (AvgIpc) is 2.84. The van der Waals surface area contributed by atoms with Gasteiger partial charge in [-0.25, -0.2) is 13.1 Å². The number of rotatable bonds is 5. The Morgan fingerprint density at radius 3 is 2.57 bits per heavy atom. The molecular weight excluding hydrogens is 374 g/mol. The van der Waals surface area contributed by atoms with E-state index in [2.05, 4.69) is 20.7 Å².